The van der Waals surface area contributed by atoms with Crippen LogP contribution in [0, 0.1) is 19.7 Å². The zero-order valence-electron chi connectivity index (χ0n) is 29.5. The lowest BCUT2D eigenvalue weighted by Gasteiger charge is -2.33. The summed E-state index contributed by atoms with van der Waals surface area (Å²) in [7, 11) is 2.14. The van der Waals surface area contributed by atoms with Gasteiger partial charge >= 0.3 is 5.97 Å². The molecule has 10 nitrogen and oxygen atoms in total. The van der Waals surface area contributed by atoms with E-state index in [4.69, 9.17) is 19.6 Å². The summed E-state index contributed by atoms with van der Waals surface area (Å²) in [6.07, 6.45) is 1.88. The predicted molar refractivity (Wildman–Crippen MR) is 191 cm³/mol. The summed E-state index contributed by atoms with van der Waals surface area (Å²) in [4.78, 5) is 27.0. The third-order valence-electron chi connectivity index (χ3n) is 9.54. The second kappa shape index (κ2) is 13.1. The van der Waals surface area contributed by atoms with Gasteiger partial charge in [0.2, 0.25) is 0 Å². The van der Waals surface area contributed by atoms with Gasteiger partial charge in [-0.1, -0.05) is 18.2 Å². The highest BCUT2D eigenvalue weighted by Gasteiger charge is 2.34. The molecule has 0 spiro atoms. The average molecular weight is 679 g/mol. The Morgan fingerprint density at radius 2 is 1.76 bits per heavy atom. The number of rotatable bonds is 7. The number of aliphatic carboxylic acids is 1. The average Bonchev–Trinajstić information content (AvgIpc) is 3.52. The molecule has 0 unspecified atom stereocenters. The van der Waals surface area contributed by atoms with Gasteiger partial charge in [-0.2, -0.15) is 5.10 Å². The molecular formula is C39H43FN6O4. The topological polar surface area (TPSA) is 105 Å². The molecule has 50 heavy (non-hydrogen) atoms. The van der Waals surface area contributed by atoms with E-state index >= 15 is 4.39 Å². The van der Waals surface area contributed by atoms with Gasteiger partial charge in [-0.3, -0.25) is 0 Å². The van der Waals surface area contributed by atoms with Gasteiger partial charge in [-0.25, -0.2) is 23.7 Å². The third-order valence-corrected chi connectivity index (χ3v) is 9.54. The Morgan fingerprint density at radius 1 is 1.02 bits per heavy atom. The number of anilines is 1. The molecule has 0 radical (unpaired) electrons. The minimum absolute atomic E-state index is 0.256. The molecule has 0 aliphatic carbocycles. The molecule has 1 fully saturated rings. The summed E-state index contributed by atoms with van der Waals surface area (Å²) in [5.74, 6) is -0.454. The van der Waals surface area contributed by atoms with E-state index in [-0.39, 0.29) is 5.75 Å². The predicted octanol–water partition coefficient (Wildman–Crippen LogP) is 6.90. The van der Waals surface area contributed by atoms with E-state index < -0.39 is 23.5 Å². The van der Waals surface area contributed by atoms with Gasteiger partial charge in [0.1, 0.15) is 5.82 Å². The minimum Gasteiger partial charge on any atom is -0.490 e. The number of carbonyl (C=O) groups is 1. The van der Waals surface area contributed by atoms with Crippen molar-refractivity contribution in [2.24, 2.45) is 0 Å². The molecule has 1 atom stereocenters. The maximum absolute atomic E-state index is 15.8. The van der Waals surface area contributed by atoms with Crippen LogP contribution in [-0.4, -0.2) is 81.0 Å². The van der Waals surface area contributed by atoms with Gasteiger partial charge < -0.3 is 24.4 Å². The van der Waals surface area contributed by atoms with E-state index in [1.54, 1.807) is 32.2 Å². The maximum atomic E-state index is 15.8. The molecule has 260 valence electrons. The summed E-state index contributed by atoms with van der Waals surface area (Å²) < 4.78 is 29.3. The number of piperazine rings is 1. The molecule has 0 amide bonds. The lowest BCUT2D eigenvalue weighted by atomic mass is 9.91. The first kappa shape index (κ1) is 33.6. The molecule has 3 aromatic heterocycles. The molecule has 5 heterocycles. The molecule has 2 aromatic carbocycles. The standard InChI is InChI=1S/C39H43FN6O4/c1-23-28-11-8-18-49-36(28)30(40)21-29(23)35-34(37(38(47)48)50-39(3,4)5)24(2)42-33-22-31(43-46(33)35)27-10-7-9-25(19-27)26-12-13-41-32(20-26)45-16-14-44(6)15-17-45/h7,9-10,12-13,19-22,37H,8,11,14-18H2,1-6H3,(H,47,48)/t37-/m0/s1. The molecule has 1 N–H and O–H groups in total. The molecule has 2 aliphatic heterocycles. The minimum atomic E-state index is -1.38. The Bertz CT molecular complexity index is 2100. The monoisotopic (exact) mass is 678 g/mol. The molecule has 5 aromatic rings. The molecule has 0 saturated carbocycles. The van der Waals surface area contributed by atoms with E-state index in [0.29, 0.717) is 46.9 Å². The molecule has 1 saturated heterocycles. The summed E-state index contributed by atoms with van der Waals surface area (Å²) in [5, 5.41) is 15.6. The summed E-state index contributed by atoms with van der Waals surface area (Å²) >= 11 is 0. The first-order chi connectivity index (χ1) is 23.9. The van der Waals surface area contributed by atoms with Crippen LogP contribution in [0.5, 0.6) is 5.75 Å². The van der Waals surface area contributed by atoms with Crippen LogP contribution in [0.15, 0.2) is 54.7 Å². The van der Waals surface area contributed by atoms with Crippen molar-refractivity contribution in [3.63, 3.8) is 0 Å². The Labute approximate surface area is 291 Å². The number of carboxylic acids is 1. The summed E-state index contributed by atoms with van der Waals surface area (Å²) in [5.41, 5.74) is 6.62. The van der Waals surface area contributed by atoms with Crippen LogP contribution in [0.25, 0.3) is 39.3 Å². The number of likely N-dealkylation sites (N-methyl/N-ethyl adjacent to an activating group) is 1. The lowest BCUT2D eigenvalue weighted by Crippen LogP contribution is -2.44. The fourth-order valence-electron chi connectivity index (χ4n) is 7.00. The number of hydrogen-bond donors (Lipinski definition) is 1. The van der Waals surface area contributed by atoms with Crippen LogP contribution in [0.2, 0.25) is 0 Å². The molecule has 7 rings (SSSR count). The fraction of sp³-hybridized carbons (Fsp3) is 0.385. The van der Waals surface area contributed by atoms with Crippen molar-refractivity contribution < 1.29 is 23.8 Å². The second-order valence-electron chi connectivity index (χ2n) is 14.3. The normalized spacial score (nSPS) is 15.9. The van der Waals surface area contributed by atoms with Crippen LogP contribution in [0.1, 0.15) is 55.7 Å². The number of aryl methyl sites for hydroxylation is 1. The van der Waals surface area contributed by atoms with E-state index in [9.17, 15) is 9.90 Å². The smallest absolute Gasteiger partial charge is 0.337 e. The highest BCUT2D eigenvalue weighted by atomic mass is 19.1. The Morgan fingerprint density at radius 3 is 2.50 bits per heavy atom. The van der Waals surface area contributed by atoms with Crippen molar-refractivity contribution in [2.45, 2.75) is 59.2 Å². The third kappa shape index (κ3) is 6.43. The van der Waals surface area contributed by atoms with Crippen LogP contribution in [0.4, 0.5) is 10.2 Å². The number of fused-ring (bicyclic) bond motifs is 2. The van der Waals surface area contributed by atoms with Crippen LogP contribution in [-0.2, 0) is 16.0 Å². The first-order valence-electron chi connectivity index (χ1n) is 17.1. The van der Waals surface area contributed by atoms with Crippen molar-refractivity contribution >= 4 is 17.4 Å². The number of hydrogen-bond acceptors (Lipinski definition) is 8. The number of halogens is 1. The maximum Gasteiger partial charge on any atom is 0.337 e. The highest BCUT2D eigenvalue weighted by Crippen LogP contribution is 2.42. The zero-order valence-corrected chi connectivity index (χ0v) is 29.5. The van der Waals surface area contributed by atoms with Crippen LogP contribution in [0.3, 0.4) is 0 Å². The Hall–Kier alpha value is -4.87. The zero-order chi connectivity index (χ0) is 35.3. The van der Waals surface area contributed by atoms with E-state index in [1.165, 1.54) is 6.07 Å². The summed E-state index contributed by atoms with van der Waals surface area (Å²) in [6.45, 7) is 13.4. The van der Waals surface area contributed by atoms with Gasteiger partial charge in [0, 0.05) is 66.4 Å². The molecule has 11 heteroatoms. The van der Waals surface area contributed by atoms with E-state index in [2.05, 4.69) is 40.0 Å². The molecular weight excluding hydrogens is 635 g/mol. The van der Waals surface area contributed by atoms with Gasteiger partial charge in [-0.05, 0) is 95.5 Å². The number of pyridine rings is 1. The van der Waals surface area contributed by atoms with Gasteiger partial charge in [-0.15, -0.1) is 0 Å². The number of benzene rings is 2. The quantitative estimate of drug-likeness (QED) is 0.197. The molecule has 2 aliphatic rings. The second-order valence-corrected chi connectivity index (χ2v) is 14.3. The number of nitrogens with zero attached hydrogens (tertiary/aromatic N) is 6. The number of carboxylic acid groups (broad SMARTS) is 1. The summed E-state index contributed by atoms with van der Waals surface area (Å²) in [6, 6.07) is 15.6. The van der Waals surface area contributed by atoms with Crippen molar-refractivity contribution in [2.75, 3.05) is 44.7 Å². The Balaban J connectivity index is 1.38. The van der Waals surface area contributed by atoms with Crippen LogP contribution < -0.4 is 9.64 Å². The number of ether oxygens (including phenoxy) is 2. The highest BCUT2D eigenvalue weighted by molar-refractivity contribution is 5.83. The number of aromatic nitrogens is 4. The Kier molecular flexibility index (Phi) is 8.81. The fourth-order valence-corrected chi connectivity index (χ4v) is 7.00. The van der Waals surface area contributed by atoms with Crippen molar-refractivity contribution in [3.05, 3.63) is 82.9 Å². The largest absolute Gasteiger partial charge is 0.490 e. The van der Waals surface area contributed by atoms with Crippen molar-refractivity contribution in [1.29, 1.82) is 0 Å². The van der Waals surface area contributed by atoms with E-state index in [0.717, 1.165) is 66.2 Å². The first-order valence-corrected chi connectivity index (χ1v) is 17.1. The molecule has 0 bridgehead atoms. The van der Waals surface area contributed by atoms with Crippen molar-refractivity contribution in [3.8, 4) is 39.4 Å². The van der Waals surface area contributed by atoms with Gasteiger partial charge in [0.05, 0.1) is 23.6 Å². The lowest BCUT2D eigenvalue weighted by molar-refractivity contribution is -0.160. The van der Waals surface area contributed by atoms with Crippen LogP contribution >= 0.6 is 0 Å². The SMILES string of the molecule is Cc1nc2cc(-c3cccc(-c4ccnc(N5CCN(C)CC5)c4)c3)nn2c(-c2cc(F)c3c(c2C)CCCO3)c1[C@H](OC(C)(C)C)C(=O)O. The van der Waals surface area contributed by atoms with Crippen molar-refractivity contribution in [1.82, 2.24) is 24.5 Å². The van der Waals surface area contributed by atoms with E-state index in [1.807, 2.05) is 37.4 Å². The van der Waals surface area contributed by atoms with Gasteiger partial charge in [0.15, 0.2) is 23.3 Å². The van der Waals surface area contributed by atoms with Gasteiger partial charge in [0.25, 0.3) is 0 Å².